The zero-order valence-electron chi connectivity index (χ0n) is 20.1. The Balaban J connectivity index is 1.34. The highest BCUT2D eigenvalue weighted by molar-refractivity contribution is 5.75. The average Bonchev–Trinajstić information content (AvgIpc) is 3.50. The predicted molar refractivity (Wildman–Crippen MR) is 144 cm³/mol. The van der Waals surface area contributed by atoms with Gasteiger partial charge in [-0.2, -0.15) is 0 Å². The largest absolute Gasteiger partial charge is 0.398 e. The number of rotatable bonds is 5. The molecule has 6 N–H and O–H groups in total. The van der Waals surface area contributed by atoms with Gasteiger partial charge >= 0.3 is 0 Å². The van der Waals surface area contributed by atoms with E-state index in [2.05, 4.69) is 58.5 Å². The zero-order chi connectivity index (χ0) is 23.6. The van der Waals surface area contributed by atoms with E-state index in [4.69, 9.17) is 11.5 Å². The fraction of sp³-hybridized carbons (Fsp3) is 0.355. The van der Waals surface area contributed by atoms with Crippen LogP contribution in [0.25, 0.3) is 22.5 Å². The van der Waals surface area contributed by atoms with Crippen molar-refractivity contribution in [1.29, 1.82) is 0 Å². The number of aromatic nitrogens is 2. The van der Waals surface area contributed by atoms with Crippen molar-refractivity contribution in [2.24, 2.45) is 23.2 Å². The minimum absolute atomic E-state index is 0.309. The molecule has 0 spiro atoms. The van der Waals surface area contributed by atoms with Gasteiger partial charge in [-0.3, -0.25) is 0 Å². The summed E-state index contributed by atoms with van der Waals surface area (Å²) in [5, 5.41) is 0. The van der Waals surface area contributed by atoms with Crippen LogP contribution in [0.1, 0.15) is 55.8 Å². The molecule has 4 saturated carbocycles. The summed E-state index contributed by atoms with van der Waals surface area (Å²) in [4.78, 5) is 7.66. The molecule has 0 radical (unpaired) electrons. The zero-order valence-corrected chi connectivity index (χ0v) is 20.1. The maximum absolute atomic E-state index is 6.34. The molecule has 0 aliphatic heterocycles. The van der Waals surface area contributed by atoms with Crippen molar-refractivity contribution >= 4 is 11.4 Å². The molecule has 4 bridgehead atoms. The molecule has 0 atom stereocenters. The third kappa shape index (κ3) is 3.42. The maximum Gasteiger partial charge on any atom is 0.0477 e. The minimum atomic E-state index is 0.309. The van der Waals surface area contributed by atoms with E-state index < -0.39 is 0 Å². The molecule has 4 fully saturated rings. The van der Waals surface area contributed by atoms with Crippen LogP contribution in [0.4, 0.5) is 11.4 Å². The van der Waals surface area contributed by atoms with E-state index >= 15 is 0 Å². The number of anilines is 2. The van der Waals surface area contributed by atoms with E-state index in [0.29, 0.717) is 11.3 Å². The quantitative estimate of drug-likeness (QED) is 0.237. The molecule has 4 aliphatic carbocycles. The standard InChI is InChI=1S/C31H34N4/c32-24-7-3-1-5-22(24)26-9-11-28(34-26)30(31-16-19-13-20(17-31)15-21(14-19)18-31)29-12-10-27(35-29)23-6-2-4-8-25(23)33/h1-12,19-21,30,34-35H,13-18,32-33H2. The maximum atomic E-state index is 6.34. The second kappa shape index (κ2) is 7.81. The number of benzene rings is 2. The van der Waals surface area contributed by atoms with E-state index in [1.165, 1.54) is 49.9 Å². The Morgan fingerprint density at radius 2 is 1.03 bits per heavy atom. The minimum Gasteiger partial charge on any atom is -0.398 e. The molecule has 4 aromatic rings. The predicted octanol–water partition coefficient (Wildman–Crippen LogP) is 7.19. The summed E-state index contributed by atoms with van der Waals surface area (Å²) < 4.78 is 0. The summed E-state index contributed by atoms with van der Waals surface area (Å²) in [6.45, 7) is 0. The Hall–Kier alpha value is -3.40. The van der Waals surface area contributed by atoms with Crippen LogP contribution in [-0.2, 0) is 0 Å². The number of nitrogen functional groups attached to an aromatic ring is 2. The SMILES string of the molecule is Nc1ccccc1-c1ccc(C(c2ccc(-c3ccccc3N)[nH]2)C23CC4CC(CC(C4)C2)C3)[nH]1. The van der Waals surface area contributed by atoms with Crippen molar-refractivity contribution < 1.29 is 0 Å². The first-order valence-corrected chi connectivity index (χ1v) is 13.2. The van der Waals surface area contributed by atoms with E-state index in [9.17, 15) is 0 Å². The monoisotopic (exact) mass is 462 g/mol. The Kier molecular flexibility index (Phi) is 4.67. The van der Waals surface area contributed by atoms with Crippen LogP contribution in [0.15, 0.2) is 72.8 Å². The summed E-state index contributed by atoms with van der Waals surface area (Å²) in [6, 6.07) is 25.3. The lowest BCUT2D eigenvalue weighted by atomic mass is 9.46. The van der Waals surface area contributed by atoms with Gasteiger partial charge in [0.2, 0.25) is 0 Å². The van der Waals surface area contributed by atoms with Gasteiger partial charge in [0.1, 0.15) is 0 Å². The molecule has 8 rings (SSSR count). The molecular weight excluding hydrogens is 428 g/mol. The van der Waals surface area contributed by atoms with Crippen molar-refractivity contribution in [1.82, 2.24) is 9.97 Å². The van der Waals surface area contributed by atoms with E-state index in [-0.39, 0.29) is 0 Å². The fourth-order valence-electron chi connectivity index (χ4n) is 8.32. The van der Waals surface area contributed by atoms with Gasteiger partial charge in [-0.1, -0.05) is 36.4 Å². The summed E-state index contributed by atoms with van der Waals surface area (Å²) in [5.74, 6) is 2.99. The molecule has 178 valence electrons. The number of hydrogen-bond donors (Lipinski definition) is 4. The van der Waals surface area contributed by atoms with Gasteiger partial charge in [-0.15, -0.1) is 0 Å². The molecule has 4 nitrogen and oxygen atoms in total. The molecule has 2 aromatic carbocycles. The first kappa shape index (κ1) is 20.9. The lowest BCUT2D eigenvalue weighted by Gasteiger charge is -2.59. The lowest BCUT2D eigenvalue weighted by molar-refractivity contribution is -0.0629. The summed E-state index contributed by atoms with van der Waals surface area (Å²) >= 11 is 0. The van der Waals surface area contributed by atoms with E-state index in [0.717, 1.165) is 51.6 Å². The third-order valence-corrected chi connectivity index (χ3v) is 9.24. The summed E-state index contributed by atoms with van der Waals surface area (Å²) in [6.07, 6.45) is 8.35. The fourth-order valence-corrected chi connectivity index (χ4v) is 8.32. The van der Waals surface area contributed by atoms with Crippen molar-refractivity contribution in [3.63, 3.8) is 0 Å². The Bertz CT molecular complexity index is 1260. The molecule has 4 heteroatoms. The van der Waals surface area contributed by atoms with E-state index in [1.807, 2.05) is 24.3 Å². The molecule has 35 heavy (non-hydrogen) atoms. The smallest absolute Gasteiger partial charge is 0.0477 e. The molecule has 4 aliphatic rings. The van der Waals surface area contributed by atoms with Crippen molar-refractivity contribution in [3.8, 4) is 22.5 Å². The molecule has 0 amide bonds. The highest BCUT2D eigenvalue weighted by atomic mass is 14.8. The number of para-hydroxylation sites is 2. The molecule has 2 heterocycles. The normalized spacial score (nSPS) is 27.1. The molecule has 0 saturated heterocycles. The average molecular weight is 463 g/mol. The van der Waals surface area contributed by atoms with Gasteiger partial charge in [0.05, 0.1) is 0 Å². The Morgan fingerprint density at radius 1 is 0.600 bits per heavy atom. The summed E-state index contributed by atoms with van der Waals surface area (Å²) in [5.41, 5.74) is 21.6. The first-order chi connectivity index (χ1) is 17.1. The number of nitrogens with two attached hydrogens (primary N) is 2. The van der Waals surface area contributed by atoms with Crippen LogP contribution in [0.5, 0.6) is 0 Å². The molecular formula is C31H34N4. The van der Waals surface area contributed by atoms with Gasteiger partial charge in [0.15, 0.2) is 0 Å². The van der Waals surface area contributed by atoms with Crippen molar-refractivity contribution in [2.45, 2.75) is 44.4 Å². The van der Waals surface area contributed by atoms with Crippen LogP contribution in [0.3, 0.4) is 0 Å². The third-order valence-electron chi connectivity index (χ3n) is 9.24. The van der Waals surface area contributed by atoms with Gasteiger partial charge in [0, 0.05) is 51.2 Å². The van der Waals surface area contributed by atoms with Crippen LogP contribution in [0.2, 0.25) is 0 Å². The lowest BCUT2D eigenvalue weighted by Crippen LogP contribution is -2.49. The molecule has 2 aromatic heterocycles. The van der Waals surface area contributed by atoms with E-state index in [1.54, 1.807) is 0 Å². The Morgan fingerprint density at radius 3 is 1.46 bits per heavy atom. The number of H-pyrrole nitrogens is 2. The van der Waals surface area contributed by atoms with Crippen LogP contribution in [-0.4, -0.2) is 9.97 Å². The van der Waals surface area contributed by atoms with Gasteiger partial charge < -0.3 is 21.4 Å². The van der Waals surface area contributed by atoms with Crippen molar-refractivity contribution in [3.05, 3.63) is 84.2 Å². The second-order valence-electron chi connectivity index (χ2n) is 11.5. The van der Waals surface area contributed by atoms with Gasteiger partial charge in [-0.05, 0) is 98.1 Å². The van der Waals surface area contributed by atoms with Crippen molar-refractivity contribution in [2.75, 3.05) is 11.5 Å². The Labute approximate surface area is 207 Å². The molecule has 0 unspecified atom stereocenters. The highest BCUT2D eigenvalue weighted by Gasteiger charge is 2.55. The highest BCUT2D eigenvalue weighted by Crippen LogP contribution is 2.65. The number of hydrogen-bond acceptors (Lipinski definition) is 2. The van der Waals surface area contributed by atoms with Gasteiger partial charge in [0.25, 0.3) is 0 Å². The number of nitrogens with one attached hydrogen (secondary N) is 2. The second-order valence-corrected chi connectivity index (χ2v) is 11.5. The number of aromatic amines is 2. The topological polar surface area (TPSA) is 83.6 Å². The first-order valence-electron chi connectivity index (χ1n) is 13.2. The summed E-state index contributed by atoms with van der Waals surface area (Å²) in [7, 11) is 0. The van der Waals surface area contributed by atoms with Crippen LogP contribution in [0, 0.1) is 23.2 Å². The van der Waals surface area contributed by atoms with Crippen LogP contribution < -0.4 is 11.5 Å². The van der Waals surface area contributed by atoms with Crippen LogP contribution >= 0.6 is 0 Å². The van der Waals surface area contributed by atoms with Gasteiger partial charge in [-0.25, -0.2) is 0 Å².